The summed E-state index contributed by atoms with van der Waals surface area (Å²) in [5.41, 5.74) is 4.62. The number of hydrogen-bond donors (Lipinski definition) is 0. The van der Waals surface area contributed by atoms with Crippen molar-refractivity contribution in [3.8, 4) is 5.95 Å². The Bertz CT molecular complexity index is 785. The van der Waals surface area contributed by atoms with Crippen LogP contribution in [0.4, 0.5) is 0 Å². The van der Waals surface area contributed by atoms with E-state index in [0.717, 1.165) is 41.2 Å². The molecule has 2 aromatic heterocycles. The monoisotopic (exact) mass is 355 g/mol. The van der Waals surface area contributed by atoms with Crippen molar-refractivity contribution in [2.24, 2.45) is 0 Å². The maximum atomic E-state index is 12.8. The number of aromatic nitrogens is 4. The molecule has 0 aromatic carbocycles. The van der Waals surface area contributed by atoms with Gasteiger partial charge >= 0.3 is 0 Å². The van der Waals surface area contributed by atoms with Crippen molar-refractivity contribution >= 4 is 5.91 Å². The second kappa shape index (κ2) is 7.56. The van der Waals surface area contributed by atoms with Gasteiger partial charge in [0, 0.05) is 35.7 Å². The summed E-state index contributed by atoms with van der Waals surface area (Å²) in [6.07, 6.45) is 6.37. The minimum atomic E-state index is 0.170. The van der Waals surface area contributed by atoms with E-state index in [1.54, 1.807) is 4.68 Å². The quantitative estimate of drug-likeness (QED) is 0.845. The average molecular weight is 355 g/mol. The first-order valence-corrected chi connectivity index (χ1v) is 9.50. The second-order valence-electron chi connectivity index (χ2n) is 7.49. The number of amides is 1. The molecule has 1 saturated carbocycles. The van der Waals surface area contributed by atoms with Crippen LogP contribution < -0.4 is 0 Å². The molecule has 0 N–H and O–H groups in total. The van der Waals surface area contributed by atoms with E-state index in [2.05, 4.69) is 15.1 Å². The molecule has 140 valence electrons. The van der Waals surface area contributed by atoms with Crippen LogP contribution in [0.1, 0.15) is 60.4 Å². The van der Waals surface area contributed by atoms with Crippen molar-refractivity contribution in [3.05, 3.63) is 34.4 Å². The highest BCUT2D eigenvalue weighted by Gasteiger charge is 2.24. The smallest absolute Gasteiger partial charge is 0.251 e. The highest BCUT2D eigenvalue weighted by atomic mass is 16.2. The SMILES string of the molecule is Cc1cc(C)nc(-n2nc(C)c(CC(=O)N(C)C3CCCCC3)c2C)n1. The van der Waals surface area contributed by atoms with E-state index in [1.807, 2.05) is 45.7 Å². The molecule has 0 spiro atoms. The number of nitrogens with zero attached hydrogens (tertiary/aromatic N) is 5. The van der Waals surface area contributed by atoms with Crippen LogP contribution in [0.15, 0.2) is 6.07 Å². The lowest BCUT2D eigenvalue weighted by Crippen LogP contribution is -2.39. The predicted octanol–water partition coefficient (Wildman–Crippen LogP) is 3.23. The van der Waals surface area contributed by atoms with Crippen LogP contribution in [0.25, 0.3) is 5.95 Å². The zero-order chi connectivity index (χ0) is 18.8. The Morgan fingerprint density at radius 2 is 1.73 bits per heavy atom. The molecule has 2 aromatic rings. The molecule has 0 unspecified atom stereocenters. The van der Waals surface area contributed by atoms with Crippen LogP contribution in [-0.2, 0) is 11.2 Å². The Morgan fingerprint density at radius 1 is 1.12 bits per heavy atom. The molecule has 6 heteroatoms. The number of aryl methyl sites for hydroxylation is 3. The van der Waals surface area contributed by atoms with Crippen molar-refractivity contribution in [1.29, 1.82) is 0 Å². The number of rotatable bonds is 4. The summed E-state index contributed by atoms with van der Waals surface area (Å²) in [6, 6.07) is 2.33. The first kappa shape index (κ1) is 18.5. The highest BCUT2D eigenvalue weighted by molar-refractivity contribution is 5.79. The summed E-state index contributed by atoms with van der Waals surface area (Å²) in [5, 5.41) is 4.61. The van der Waals surface area contributed by atoms with Crippen LogP contribution in [0.2, 0.25) is 0 Å². The summed E-state index contributed by atoms with van der Waals surface area (Å²) in [5.74, 6) is 0.742. The summed E-state index contributed by atoms with van der Waals surface area (Å²) in [7, 11) is 1.94. The minimum absolute atomic E-state index is 0.170. The lowest BCUT2D eigenvalue weighted by atomic mass is 9.94. The Hall–Kier alpha value is -2.24. The lowest BCUT2D eigenvalue weighted by molar-refractivity contribution is -0.131. The molecular weight excluding hydrogens is 326 g/mol. The molecule has 1 aliphatic rings. The Labute approximate surface area is 155 Å². The summed E-state index contributed by atoms with van der Waals surface area (Å²) >= 11 is 0. The molecule has 3 rings (SSSR count). The molecule has 6 nitrogen and oxygen atoms in total. The standard InChI is InChI=1S/C20H29N5O/c1-13-11-14(2)22-20(21-13)25-16(4)18(15(3)23-25)12-19(26)24(5)17-9-7-6-8-10-17/h11,17H,6-10,12H2,1-5H3. The van der Waals surface area contributed by atoms with Crippen LogP contribution in [-0.4, -0.2) is 43.6 Å². The first-order chi connectivity index (χ1) is 12.4. The van der Waals surface area contributed by atoms with Crippen LogP contribution in [0.5, 0.6) is 0 Å². The molecule has 1 aliphatic carbocycles. The lowest BCUT2D eigenvalue weighted by Gasteiger charge is -2.31. The maximum absolute atomic E-state index is 12.8. The van der Waals surface area contributed by atoms with E-state index in [4.69, 9.17) is 0 Å². The zero-order valence-electron chi connectivity index (χ0n) is 16.5. The van der Waals surface area contributed by atoms with Gasteiger partial charge in [-0.15, -0.1) is 0 Å². The second-order valence-corrected chi connectivity index (χ2v) is 7.49. The van der Waals surface area contributed by atoms with Crippen molar-refractivity contribution in [3.63, 3.8) is 0 Å². The van der Waals surface area contributed by atoms with Gasteiger partial charge in [0.15, 0.2) is 0 Å². The van der Waals surface area contributed by atoms with E-state index in [9.17, 15) is 4.79 Å². The van der Waals surface area contributed by atoms with Crippen molar-refractivity contribution in [1.82, 2.24) is 24.6 Å². The number of likely N-dealkylation sites (N-methyl/N-ethyl adjacent to an activating group) is 1. The fraction of sp³-hybridized carbons (Fsp3) is 0.600. The van der Waals surface area contributed by atoms with Gasteiger partial charge < -0.3 is 4.90 Å². The highest BCUT2D eigenvalue weighted by Crippen LogP contribution is 2.23. The zero-order valence-corrected chi connectivity index (χ0v) is 16.5. The minimum Gasteiger partial charge on any atom is -0.342 e. The number of hydrogen-bond acceptors (Lipinski definition) is 4. The average Bonchev–Trinajstić information content (AvgIpc) is 2.89. The van der Waals surface area contributed by atoms with Gasteiger partial charge in [-0.3, -0.25) is 4.79 Å². The molecule has 26 heavy (non-hydrogen) atoms. The third-order valence-corrected chi connectivity index (χ3v) is 5.44. The number of carbonyl (C=O) groups excluding carboxylic acids is 1. The molecule has 1 amide bonds. The van der Waals surface area contributed by atoms with Crippen molar-refractivity contribution < 1.29 is 4.79 Å². The van der Waals surface area contributed by atoms with E-state index in [1.165, 1.54) is 19.3 Å². The largest absolute Gasteiger partial charge is 0.342 e. The van der Waals surface area contributed by atoms with Crippen LogP contribution >= 0.6 is 0 Å². The molecule has 0 aliphatic heterocycles. The van der Waals surface area contributed by atoms with Gasteiger partial charge in [0.25, 0.3) is 5.95 Å². The van der Waals surface area contributed by atoms with Crippen LogP contribution in [0, 0.1) is 27.7 Å². The summed E-state index contributed by atoms with van der Waals surface area (Å²) in [4.78, 5) is 23.8. The normalized spacial score (nSPS) is 15.3. The molecule has 0 bridgehead atoms. The molecule has 1 fully saturated rings. The molecule has 2 heterocycles. The Kier molecular flexibility index (Phi) is 5.39. The molecule has 0 saturated heterocycles. The topological polar surface area (TPSA) is 63.9 Å². The summed E-state index contributed by atoms with van der Waals surface area (Å²) in [6.45, 7) is 7.85. The van der Waals surface area contributed by atoms with Gasteiger partial charge in [-0.25, -0.2) is 14.6 Å². The van der Waals surface area contributed by atoms with Gasteiger partial charge in [0.1, 0.15) is 0 Å². The fourth-order valence-corrected chi connectivity index (χ4v) is 3.88. The molecular formula is C20H29N5O. The predicted molar refractivity (Wildman–Crippen MR) is 101 cm³/mol. The molecule has 0 atom stereocenters. The van der Waals surface area contributed by atoms with Gasteiger partial charge in [0.2, 0.25) is 5.91 Å². The molecule has 0 radical (unpaired) electrons. The van der Waals surface area contributed by atoms with E-state index in [0.29, 0.717) is 18.4 Å². The van der Waals surface area contributed by atoms with E-state index < -0.39 is 0 Å². The van der Waals surface area contributed by atoms with E-state index >= 15 is 0 Å². The van der Waals surface area contributed by atoms with Crippen molar-refractivity contribution in [2.75, 3.05) is 7.05 Å². The number of carbonyl (C=O) groups is 1. The van der Waals surface area contributed by atoms with Gasteiger partial charge in [0.05, 0.1) is 12.1 Å². The van der Waals surface area contributed by atoms with Gasteiger partial charge in [-0.05, 0) is 46.6 Å². The van der Waals surface area contributed by atoms with Gasteiger partial charge in [-0.2, -0.15) is 5.10 Å². The Balaban J connectivity index is 1.82. The van der Waals surface area contributed by atoms with Crippen molar-refractivity contribution in [2.45, 2.75) is 72.3 Å². The van der Waals surface area contributed by atoms with E-state index in [-0.39, 0.29) is 5.91 Å². The summed E-state index contributed by atoms with van der Waals surface area (Å²) < 4.78 is 1.76. The fourth-order valence-electron chi connectivity index (χ4n) is 3.88. The third kappa shape index (κ3) is 3.79. The van der Waals surface area contributed by atoms with Gasteiger partial charge in [-0.1, -0.05) is 19.3 Å². The Morgan fingerprint density at radius 3 is 2.35 bits per heavy atom. The van der Waals surface area contributed by atoms with Crippen LogP contribution in [0.3, 0.4) is 0 Å². The maximum Gasteiger partial charge on any atom is 0.251 e. The third-order valence-electron chi connectivity index (χ3n) is 5.44. The first-order valence-electron chi connectivity index (χ1n) is 9.50.